The van der Waals surface area contributed by atoms with Crippen LogP contribution in [0, 0.1) is 0 Å². The minimum absolute atomic E-state index is 0.0960. The van der Waals surface area contributed by atoms with Crippen LogP contribution in [0.2, 0.25) is 0 Å². The van der Waals surface area contributed by atoms with Crippen LogP contribution >= 0.6 is 0 Å². The van der Waals surface area contributed by atoms with Gasteiger partial charge in [0.25, 0.3) is 5.91 Å². The topological polar surface area (TPSA) is 65.5 Å². The molecule has 0 spiro atoms. The Labute approximate surface area is 125 Å². The molecule has 0 aliphatic carbocycles. The number of hydrogen-bond donors (Lipinski definition) is 1. The highest BCUT2D eigenvalue weighted by molar-refractivity contribution is 5.92. The Bertz CT molecular complexity index is 505. The molecule has 1 aliphatic rings. The van der Waals surface area contributed by atoms with Crippen LogP contribution in [0.3, 0.4) is 0 Å². The molecule has 0 aromatic carbocycles. The zero-order valence-corrected chi connectivity index (χ0v) is 12.8. The summed E-state index contributed by atoms with van der Waals surface area (Å²) < 4.78 is 0. The first-order valence-corrected chi connectivity index (χ1v) is 7.24. The van der Waals surface area contributed by atoms with Crippen LogP contribution in [-0.2, 0) is 4.79 Å². The van der Waals surface area contributed by atoms with Gasteiger partial charge in [0.1, 0.15) is 5.69 Å². The minimum Gasteiger partial charge on any atom is -0.367 e. The zero-order chi connectivity index (χ0) is 15.4. The first-order chi connectivity index (χ1) is 9.97. The molecule has 0 radical (unpaired) electrons. The molecule has 6 heteroatoms. The number of anilines is 1. The van der Waals surface area contributed by atoms with Crippen molar-refractivity contribution in [1.29, 1.82) is 0 Å². The minimum atomic E-state index is -0.155. The van der Waals surface area contributed by atoms with Crippen LogP contribution in [0.15, 0.2) is 18.3 Å². The van der Waals surface area contributed by atoms with Crippen molar-refractivity contribution >= 4 is 17.5 Å². The van der Waals surface area contributed by atoms with E-state index in [1.807, 2.05) is 24.8 Å². The molecule has 1 aromatic heterocycles. The Morgan fingerprint density at radius 1 is 1.19 bits per heavy atom. The molecule has 1 aromatic rings. The normalized spacial score (nSPS) is 15.2. The van der Waals surface area contributed by atoms with E-state index < -0.39 is 0 Å². The molecule has 1 aliphatic heterocycles. The van der Waals surface area contributed by atoms with Crippen LogP contribution < -0.4 is 10.2 Å². The molecule has 0 atom stereocenters. The Morgan fingerprint density at radius 2 is 1.86 bits per heavy atom. The third-order valence-electron chi connectivity index (χ3n) is 3.49. The summed E-state index contributed by atoms with van der Waals surface area (Å²) in [6, 6.07) is 3.74. The third kappa shape index (κ3) is 3.93. The summed E-state index contributed by atoms with van der Waals surface area (Å²) in [4.78, 5) is 31.4. The summed E-state index contributed by atoms with van der Waals surface area (Å²) in [5.74, 6) is -0.0357. The van der Waals surface area contributed by atoms with E-state index in [4.69, 9.17) is 0 Å². The number of nitrogens with one attached hydrogen (secondary N) is 1. The summed E-state index contributed by atoms with van der Waals surface area (Å²) in [6.07, 6.45) is 1.72. The molecule has 0 unspecified atom stereocenters. The molecule has 6 nitrogen and oxygen atoms in total. The second-order valence-corrected chi connectivity index (χ2v) is 5.52. The van der Waals surface area contributed by atoms with Crippen molar-refractivity contribution in [3.8, 4) is 0 Å². The van der Waals surface area contributed by atoms with Crippen molar-refractivity contribution in [1.82, 2.24) is 15.2 Å². The van der Waals surface area contributed by atoms with Gasteiger partial charge < -0.3 is 15.1 Å². The fraction of sp³-hybridized carbons (Fsp3) is 0.533. The van der Waals surface area contributed by atoms with Gasteiger partial charge in [-0.25, -0.2) is 4.98 Å². The van der Waals surface area contributed by atoms with Crippen molar-refractivity contribution in [3.05, 3.63) is 24.0 Å². The predicted molar refractivity (Wildman–Crippen MR) is 81.3 cm³/mol. The van der Waals surface area contributed by atoms with Gasteiger partial charge in [-0.2, -0.15) is 0 Å². The van der Waals surface area contributed by atoms with Crippen molar-refractivity contribution in [2.24, 2.45) is 0 Å². The van der Waals surface area contributed by atoms with Gasteiger partial charge in [0.05, 0.1) is 11.9 Å². The number of carbonyl (C=O) groups excluding carboxylic acids is 2. The lowest BCUT2D eigenvalue weighted by molar-refractivity contribution is -0.129. The second kappa shape index (κ2) is 6.56. The molecular weight excluding hydrogens is 268 g/mol. The van der Waals surface area contributed by atoms with Crippen molar-refractivity contribution in [2.45, 2.75) is 26.8 Å². The van der Waals surface area contributed by atoms with E-state index in [-0.39, 0.29) is 17.9 Å². The SMILES string of the molecule is CC(=O)N1CCN(c2ccc(C(=O)NC(C)C)nc2)CC1. The molecule has 0 bridgehead atoms. The van der Waals surface area contributed by atoms with Crippen molar-refractivity contribution in [3.63, 3.8) is 0 Å². The van der Waals surface area contributed by atoms with E-state index in [0.29, 0.717) is 5.69 Å². The molecule has 0 saturated carbocycles. The maximum atomic E-state index is 11.8. The highest BCUT2D eigenvalue weighted by Crippen LogP contribution is 2.15. The molecule has 2 amide bonds. The maximum absolute atomic E-state index is 11.8. The van der Waals surface area contributed by atoms with E-state index in [1.165, 1.54) is 0 Å². The smallest absolute Gasteiger partial charge is 0.270 e. The van der Waals surface area contributed by atoms with Gasteiger partial charge in [-0.3, -0.25) is 9.59 Å². The number of carbonyl (C=O) groups is 2. The fourth-order valence-corrected chi connectivity index (χ4v) is 2.32. The van der Waals surface area contributed by atoms with E-state index in [0.717, 1.165) is 31.9 Å². The summed E-state index contributed by atoms with van der Waals surface area (Å²) in [5, 5.41) is 2.82. The molecule has 114 valence electrons. The van der Waals surface area contributed by atoms with Gasteiger partial charge in [-0.05, 0) is 26.0 Å². The van der Waals surface area contributed by atoms with Crippen LogP contribution in [0.4, 0.5) is 5.69 Å². The van der Waals surface area contributed by atoms with Crippen LogP contribution in [-0.4, -0.2) is 53.9 Å². The molecule has 1 fully saturated rings. The Kier molecular flexibility index (Phi) is 4.77. The number of aromatic nitrogens is 1. The summed E-state index contributed by atoms with van der Waals surface area (Å²) in [5.41, 5.74) is 1.41. The number of piperazine rings is 1. The van der Waals surface area contributed by atoms with Gasteiger partial charge in [0.2, 0.25) is 5.91 Å². The predicted octanol–water partition coefficient (Wildman–Crippen LogP) is 0.888. The molecule has 21 heavy (non-hydrogen) atoms. The van der Waals surface area contributed by atoms with Crippen LogP contribution in [0.25, 0.3) is 0 Å². The molecule has 2 rings (SSSR count). The highest BCUT2D eigenvalue weighted by atomic mass is 16.2. The first kappa shape index (κ1) is 15.3. The number of pyridine rings is 1. The van der Waals surface area contributed by atoms with Gasteiger partial charge in [0, 0.05) is 39.1 Å². The zero-order valence-electron chi connectivity index (χ0n) is 12.8. The molecule has 1 saturated heterocycles. The van der Waals surface area contributed by atoms with Crippen LogP contribution in [0.5, 0.6) is 0 Å². The van der Waals surface area contributed by atoms with E-state index in [2.05, 4.69) is 15.2 Å². The summed E-state index contributed by atoms with van der Waals surface area (Å²) in [7, 11) is 0. The quantitative estimate of drug-likeness (QED) is 0.898. The summed E-state index contributed by atoms with van der Waals surface area (Å²) in [6.45, 7) is 8.47. The van der Waals surface area contributed by atoms with Crippen LogP contribution in [0.1, 0.15) is 31.3 Å². The average Bonchev–Trinajstić information content (AvgIpc) is 2.47. The van der Waals surface area contributed by atoms with E-state index >= 15 is 0 Å². The number of hydrogen-bond acceptors (Lipinski definition) is 4. The lowest BCUT2D eigenvalue weighted by atomic mass is 10.2. The Balaban J connectivity index is 1.97. The maximum Gasteiger partial charge on any atom is 0.270 e. The standard InChI is InChI=1S/C15H22N4O2/c1-11(2)17-15(21)14-5-4-13(10-16-14)19-8-6-18(7-9-19)12(3)20/h4-5,10-11H,6-9H2,1-3H3,(H,17,21). The Hall–Kier alpha value is -2.11. The fourth-order valence-electron chi connectivity index (χ4n) is 2.32. The number of amides is 2. The van der Waals surface area contributed by atoms with E-state index in [1.54, 1.807) is 19.2 Å². The van der Waals surface area contributed by atoms with Crippen molar-refractivity contribution in [2.75, 3.05) is 31.1 Å². The van der Waals surface area contributed by atoms with Crippen molar-refractivity contribution < 1.29 is 9.59 Å². The third-order valence-corrected chi connectivity index (χ3v) is 3.49. The van der Waals surface area contributed by atoms with Gasteiger partial charge in [0.15, 0.2) is 0 Å². The Morgan fingerprint density at radius 3 is 2.33 bits per heavy atom. The molecule has 1 N–H and O–H groups in total. The number of nitrogens with zero attached hydrogens (tertiary/aromatic N) is 3. The lowest BCUT2D eigenvalue weighted by Gasteiger charge is -2.35. The monoisotopic (exact) mass is 290 g/mol. The first-order valence-electron chi connectivity index (χ1n) is 7.24. The summed E-state index contributed by atoms with van der Waals surface area (Å²) >= 11 is 0. The average molecular weight is 290 g/mol. The second-order valence-electron chi connectivity index (χ2n) is 5.52. The molecule has 2 heterocycles. The number of rotatable bonds is 3. The van der Waals surface area contributed by atoms with E-state index in [9.17, 15) is 9.59 Å². The molecular formula is C15H22N4O2. The lowest BCUT2D eigenvalue weighted by Crippen LogP contribution is -2.48. The van der Waals surface area contributed by atoms with Gasteiger partial charge >= 0.3 is 0 Å². The highest BCUT2D eigenvalue weighted by Gasteiger charge is 2.19. The van der Waals surface area contributed by atoms with Gasteiger partial charge in [-0.15, -0.1) is 0 Å². The van der Waals surface area contributed by atoms with Gasteiger partial charge in [-0.1, -0.05) is 0 Å². The largest absolute Gasteiger partial charge is 0.367 e.